The van der Waals surface area contributed by atoms with E-state index >= 15 is 0 Å². The van der Waals surface area contributed by atoms with Gasteiger partial charge in [-0.05, 0) is 43.2 Å². The van der Waals surface area contributed by atoms with Gasteiger partial charge in [-0.25, -0.2) is 0 Å². The van der Waals surface area contributed by atoms with E-state index in [-0.39, 0.29) is 16.5 Å². The van der Waals surface area contributed by atoms with Crippen molar-refractivity contribution in [3.8, 4) is 22.6 Å². The van der Waals surface area contributed by atoms with Crippen LogP contribution >= 0.6 is 11.6 Å². The van der Waals surface area contributed by atoms with Gasteiger partial charge in [0.2, 0.25) is 0 Å². The number of halogens is 3. The zero-order chi connectivity index (χ0) is 22.2. The molecule has 0 amide bonds. The smallest absolute Gasteiger partial charge is 0.395 e. The Kier molecular flexibility index (Phi) is 5.60. The van der Waals surface area contributed by atoms with Crippen molar-refractivity contribution in [3.05, 3.63) is 64.5 Å². The minimum atomic E-state index is -3.69. The van der Waals surface area contributed by atoms with Crippen molar-refractivity contribution in [2.75, 3.05) is 11.9 Å². The molecule has 31 heavy (non-hydrogen) atoms. The van der Waals surface area contributed by atoms with E-state index < -0.39 is 6.29 Å². The van der Waals surface area contributed by atoms with Crippen LogP contribution in [0.15, 0.2) is 47.0 Å². The number of aryl methyl sites for hydroxylation is 2. The van der Waals surface area contributed by atoms with Crippen LogP contribution in [0.1, 0.15) is 23.9 Å². The number of nitrogens with one attached hydrogen (secondary N) is 1. The lowest BCUT2D eigenvalue weighted by Crippen LogP contribution is -2.25. The number of hydrogen-bond donors (Lipinski definition) is 2. The molecule has 0 spiro atoms. The summed E-state index contributed by atoms with van der Waals surface area (Å²) in [5, 5.41) is 7.72. The van der Waals surface area contributed by atoms with E-state index in [2.05, 4.69) is 19.9 Å². The van der Waals surface area contributed by atoms with Crippen molar-refractivity contribution in [1.29, 1.82) is 0 Å². The second-order valence-corrected chi connectivity index (χ2v) is 7.32. The van der Waals surface area contributed by atoms with E-state index in [4.69, 9.17) is 21.9 Å². The van der Waals surface area contributed by atoms with Crippen LogP contribution < -0.4 is 20.5 Å². The highest BCUT2D eigenvalue weighted by molar-refractivity contribution is 6.33. The topological polar surface area (TPSA) is 82.5 Å². The van der Waals surface area contributed by atoms with Crippen molar-refractivity contribution in [1.82, 2.24) is 5.16 Å². The third kappa shape index (κ3) is 4.22. The van der Waals surface area contributed by atoms with Crippen molar-refractivity contribution < 1.29 is 22.8 Å². The minimum absolute atomic E-state index is 0.0604. The van der Waals surface area contributed by atoms with E-state index in [0.29, 0.717) is 17.9 Å². The summed E-state index contributed by atoms with van der Waals surface area (Å²) in [6.45, 7) is 4.19. The third-order valence-corrected chi connectivity index (χ3v) is 5.14. The first-order valence-electron chi connectivity index (χ1n) is 9.64. The molecule has 0 atom stereocenters. The van der Waals surface area contributed by atoms with Crippen molar-refractivity contribution in [3.63, 3.8) is 0 Å². The molecule has 0 saturated heterocycles. The number of aromatic nitrogens is 1. The van der Waals surface area contributed by atoms with Gasteiger partial charge in [0.15, 0.2) is 11.5 Å². The van der Waals surface area contributed by atoms with Gasteiger partial charge in [0.05, 0.1) is 16.3 Å². The monoisotopic (exact) mass is 447 g/mol. The number of nitrogens with two attached hydrogens (primary N) is 1. The lowest BCUT2D eigenvalue weighted by Gasteiger charge is -2.13. The van der Waals surface area contributed by atoms with E-state index in [1.54, 1.807) is 0 Å². The van der Waals surface area contributed by atoms with Crippen LogP contribution in [-0.4, -0.2) is 18.0 Å². The molecule has 162 valence electrons. The summed E-state index contributed by atoms with van der Waals surface area (Å²) in [6, 6.07) is 10.1. The third-order valence-electron chi connectivity index (χ3n) is 4.83. The zero-order valence-corrected chi connectivity index (χ0v) is 17.6. The Bertz CT molecular complexity index is 1140. The maximum atomic E-state index is 13.3. The fourth-order valence-corrected chi connectivity index (χ4v) is 3.68. The maximum absolute atomic E-state index is 13.3. The molecule has 4 rings (SSSR count). The van der Waals surface area contributed by atoms with Gasteiger partial charge >= 0.3 is 6.29 Å². The zero-order valence-electron chi connectivity index (χ0n) is 16.8. The van der Waals surface area contributed by atoms with Crippen LogP contribution in [-0.2, 0) is 6.42 Å². The molecule has 3 aromatic rings. The van der Waals surface area contributed by atoms with E-state index in [9.17, 15) is 8.78 Å². The predicted octanol–water partition coefficient (Wildman–Crippen LogP) is 5.60. The number of anilines is 1. The SMILES string of the molecule is CCc1noc(C)c1C(=CCN)Nc1ccc(-c2cc3c(cc2Cl)OC(F)(F)O3)cc1. The molecule has 0 unspecified atom stereocenters. The highest BCUT2D eigenvalue weighted by Gasteiger charge is 2.43. The lowest BCUT2D eigenvalue weighted by atomic mass is 10.0. The maximum Gasteiger partial charge on any atom is 0.586 e. The first-order chi connectivity index (χ1) is 14.8. The molecule has 0 bridgehead atoms. The Hall–Kier alpha value is -3.10. The number of fused-ring (bicyclic) bond motifs is 1. The molecule has 0 aliphatic carbocycles. The van der Waals surface area contributed by atoms with Crippen LogP contribution in [0, 0.1) is 6.92 Å². The van der Waals surface area contributed by atoms with Gasteiger partial charge in [0, 0.05) is 29.6 Å². The second kappa shape index (κ2) is 8.20. The molecule has 1 aliphatic rings. The number of benzene rings is 2. The Balaban J connectivity index is 1.60. The summed E-state index contributed by atoms with van der Waals surface area (Å²) in [7, 11) is 0. The lowest BCUT2D eigenvalue weighted by molar-refractivity contribution is -0.286. The first-order valence-corrected chi connectivity index (χ1v) is 10.0. The normalized spacial score (nSPS) is 14.7. The number of alkyl halides is 2. The largest absolute Gasteiger partial charge is 0.586 e. The van der Waals surface area contributed by atoms with Crippen molar-refractivity contribution >= 4 is 23.0 Å². The van der Waals surface area contributed by atoms with Gasteiger partial charge in [0.25, 0.3) is 0 Å². The van der Waals surface area contributed by atoms with Gasteiger partial charge in [-0.3, -0.25) is 0 Å². The number of hydrogen-bond acceptors (Lipinski definition) is 6. The van der Waals surface area contributed by atoms with E-state index in [1.807, 2.05) is 44.2 Å². The molecule has 1 aliphatic heterocycles. The molecule has 2 aromatic carbocycles. The van der Waals surface area contributed by atoms with Crippen LogP contribution in [0.2, 0.25) is 5.02 Å². The molecule has 6 nitrogen and oxygen atoms in total. The predicted molar refractivity (Wildman–Crippen MR) is 114 cm³/mol. The molecule has 0 radical (unpaired) electrons. The minimum Gasteiger partial charge on any atom is -0.395 e. The molecular formula is C22H20ClF2N3O3. The summed E-state index contributed by atoms with van der Waals surface area (Å²) in [4.78, 5) is 0. The van der Waals surface area contributed by atoms with Crippen molar-refractivity contribution in [2.45, 2.75) is 26.6 Å². The Morgan fingerprint density at radius 3 is 2.52 bits per heavy atom. The summed E-state index contributed by atoms with van der Waals surface area (Å²) in [5.74, 6) is 0.545. The summed E-state index contributed by atoms with van der Waals surface area (Å²) >= 11 is 6.28. The summed E-state index contributed by atoms with van der Waals surface area (Å²) in [6.07, 6.45) is -1.11. The molecule has 0 fully saturated rings. The van der Waals surface area contributed by atoms with Crippen LogP contribution in [0.4, 0.5) is 14.5 Å². The van der Waals surface area contributed by atoms with Crippen LogP contribution in [0.3, 0.4) is 0 Å². The summed E-state index contributed by atoms with van der Waals surface area (Å²) in [5.41, 5.74) is 10.4. The highest BCUT2D eigenvalue weighted by Crippen LogP contribution is 2.46. The molecule has 9 heteroatoms. The van der Waals surface area contributed by atoms with E-state index in [1.165, 1.54) is 12.1 Å². The fraction of sp³-hybridized carbons (Fsp3) is 0.227. The van der Waals surface area contributed by atoms with Crippen molar-refractivity contribution in [2.24, 2.45) is 5.73 Å². The second-order valence-electron chi connectivity index (χ2n) is 6.92. The highest BCUT2D eigenvalue weighted by atomic mass is 35.5. The van der Waals surface area contributed by atoms with Gasteiger partial charge in [-0.1, -0.05) is 35.8 Å². The quantitative estimate of drug-likeness (QED) is 0.512. The Morgan fingerprint density at radius 1 is 1.19 bits per heavy atom. The molecule has 1 aromatic heterocycles. The fourth-order valence-electron chi connectivity index (χ4n) is 3.42. The number of ether oxygens (including phenoxy) is 2. The average molecular weight is 448 g/mol. The molecular weight excluding hydrogens is 428 g/mol. The van der Waals surface area contributed by atoms with Gasteiger partial charge < -0.3 is 25.0 Å². The first kappa shape index (κ1) is 21.1. The molecule has 2 heterocycles. The Morgan fingerprint density at radius 2 is 1.87 bits per heavy atom. The average Bonchev–Trinajstić information content (AvgIpc) is 3.24. The van der Waals surface area contributed by atoms with E-state index in [0.717, 1.165) is 34.6 Å². The number of nitrogens with zero attached hydrogens (tertiary/aromatic N) is 1. The van der Waals surface area contributed by atoms with Gasteiger partial charge in [-0.2, -0.15) is 0 Å². The summed E-state index contributed by atoms with van der Waals surface area (Å²) < 4.78 is 40.9. The van der Waals surface area contributed by atoms with Crippen LogP contribution in [0.25, 0.3) is 16.8 Å². The van der Waals surface area contributed by atoms with Gasteiger partial charge in [-0.15, -0.1) is 8.78 Å². The Labute approximate surface area is 182 Å². The molecule has 0 saturated carbocycles. The number of rotatable bonds is 6. The van der Waals surface area contributed by atoms with Crippen LogP contribution in [0.5, 0.6) is 11.5 Å². The standard InChI is InChI=1S/C22H20ClF2N3O3/c1-3-17-21(12(2)31-28-17)18(8-9-26)27-14-6-4-13(5-7-14)15-10-19-20(11-16(15)23)30-22(24,25)29-19/h4-8,10-11,27H,3,9,26H2,1-2H3. The van der Waals surface area contributed by atoms with Gasteiger partial charge in [0.1, 0.15) is 5.76 Å². The molecule has 3 N–H and O–H groups in total.